The van der Waals surface area contributed by atoms with Crippen molar-refractivity contribution in [2.75, 3.05) is 11.9 Å². The minimum atomic E-state index is -3.64. The van der Waals surface area contributed by atoms with Gasteiger partial charge in [0.25, 0.3) is 0 Å². The fraction of sp³-hybridized carbons (Fsp3) is 0.130. The molecule has 0 unspecified atom stereocenters. The molecule has 0 saturated heterocycles. The number of anilines is 1. The first kappa shape index (κ1) is 23.0. The summed E-state index contributed by atoms with van der Waals surface area (Å²) in [5.74, 6) is -0.0209. The number of ether oxygens (including phenoxy) is 1. The molecule has 2 aromatic carbocycles. The summed E-state index contributed by atoms with van der Waals surface area (Å²) in [6, 6.07) is 17.6. The standard InChI is InChI=1S/C23H22N2O6S/c1-2-30-23(27)17-8-10-18(11-9-17)25-22(26)15-14-19-12-13-20(31-19)16-24-32(28,29)21-6-4-3-5-7-21/h3-15,24H,2,16H2,1H3,(H,25,26)/b15-14+. The third-order valence-electron chi connectivity index (χ3n) is 4.23. The van der Waals surface area contributed by atoms with Gasteiger partial charge in [-0.25, -0.2) is 17.9 Å². The minimum absolute atomic E-state index is 0.0237. The summed E-state index contributed by atoms with van der Waals surface area (Å²) in [6.07, 6.45) is 2.76. The molecule has 0 atom stereocenters. The number of rotatable bonds is 9. The average molecular weight is 455 g/mol. The smallest absolute Gasteiger partial charge is 0.338 e. The summed E-state index contributed by atoms with van der Waals surface area (Å²) in [5, 5.41) is 2.67. The zero-order valence-corrected chi connectivity index (χ0v) is 18.1. The second kappa shape index (κ2) is 10.6. The van der Waals surface area contributed by atoms with E-state index in [0.717, 1.165) is 0 Å². The fourth-order valence-corrected chi connectivity index (χ4v) is 3.69. The van der Waals surface area contributed by atoms with Gasteiger partial charge >= 0.3 is 5.97 Å². The van der Waals surface area contributed by atoms with Crippen molar-refractivity contribution in [2.45, 2.75) is 18.4 Å². The van der Waals surface area contributed by atoms with Gasteiger partial charge in [-0.2, -0.15) is 0 Å². The molecule has 166 valence electrons. The Labute approximate surface area is 186 Å². The van der Waals surface area contributed by atoms with Crippen molar-refractivity contribution in [1.29, 1.82) is 0 Å². The molecule has 0 fully saturated rings. The van der Waals surface area contributed by atoms with Gasteiger partial charge in [0.15, 0.2) is 0 Å². The molecule has 3 aromatic rings. The lowest BCUT2D eigenvalue weighted by atomic mass is 10.2. The van der Waals surface area contributed by atoms with E-state index in [0.29, 0.717) is 22.8 Å². The Bertz CT molecular complexity index is 1200. The molecule has 0 aliphatic rings. The SMILES string of the molecule is CCOC(=O)c1ccc(NC(=O)/C=C/c2ccc(CNS(=O)(=O)c3ccccc3)o2)cc1. The van der Waals surface area contributed by atoms with Crippen molar-refractivity contribution in [2.24, 2.45) is 0 Å². The number of furan rings is 1. The van der Waals surface area contributed by atoms with Gasteiger partial charge in [0.2, 0.25) is 15.9 Å². The normalized spacial score (nSPS) is 11.4. The van der Waals surface area contributed by atoms with Crippen LogP contribution in [0, 0.1) is 0 Å². The van der Waals surface area contributed by atoms with E-state index in [-0.39, 0.29) is 18.0 Å². The predicted molar refractivity (Wildman–Crippen MR) is 119 cm³/mol. The van der Waals surface area contributed by atoms with Crippen LogP contribution in [0.2, 0.25) is 0 Å². The molecule has 1 aromatic heterocycles. The lowest BCUT2D eigenvalue weighted by molar-refractivity contribution is -0.111. The lowest BCUT2D eigenvalue weighted by Gasteiger charge is -2.05. The molecule has 9 heteroatoms. The maximum Gasteiger partial charge on any atom is 0.338 e. The number of hydrogen-bond donors (Lipinski definition) is 2. The number of sulfonamides is 1. The van der Waals surface area contributed by atoms with Crippen LogP contribution in [0.3, 0.4) is 0 Å². The molecular formula is C23H22N2O6S. The maximum atomic E-state index is 12.2. The number of esters is 1. The molecule has 0 spiro atoms. The van der Waals surface area contributed by atoms with Gasteiger partial charge in [-0.1, -0.05) is 18.2 Å². The summed E-state index contributed by atoms with van der Waals surface area (Å²) in [4.78, 5) is 23.9. The first-order valence-electron chi connectivity index (χ1n) is 9.77. The summed E-state index contributed by atoms with van der Waals surface area (Å²) in [6.45, 7) is 1.99. The van der Waals surface area contributed by atoms with Gasteiger partial charge in [-0.05, 0) is 61.5 Å². The molecule has 3 rings (SSSR count). The van der Waals surface area contributed by atoms with Gasteiger partial charge < -0.3 is 14.5 Å². The maximum absolute atomic E-state index is 12.2. The van der Waals surface area contributed by atoms with E-state index >= 15 is 0 Å². The van der Waals surface area contributed by atoms with E-state index in [4.69, 9.17) is 9.15 Å². The highest BCUT2D eigenvalue weighted by molar-refractivity contribution is 7.89. The number of amides is 1. The summed E-state index contributed by atoms with van der Waals surface area (Å²) < 4.78 is 37.4. The highest BCUT2D eigenvalue weighted by atomic mass is 32.2. The van der Waals surface area contributed by atoms with Crippen LogP contribution in [0.4, 0.5) is 5.69 Å². The van der Waals surface area contributed by atoms with Crippen LogP contribution in [0.5, 0.6) is 0 Å². The molecule has 0 aliphatic heterocycles. The van der Waals surface area contributed by atoms with Crippen molar-refractivity contribution in [1.82, 2.24) is 4.72 Å². The highest BCUT2D eigenvalue weighted by Gasteiger charge is 2.14. The van der Waals surface area contributed by atoms with Gasteiger partial charge in [-0.3, -0.25) is 4.79 Å². The third-order valence-corrected chi connectivity index (χ3v) is 5.65. The Morgan fingerprint density at radius 3 is 2.41 bits per heavy atom. The predicted octanol–water partition coefficient (Wildman–Crippen LogP) is 3.59. The van der Waals surface area contributed by atoms with Crippen molar-refractivity contribution >= 4 is 33.7 Å². The van der Waals surface area contributed by atoms with E-state index in [1.165, 1.54) is 24.3 Å². The van der Waals surface area contributed by atoms with Crippen LogP contribution >= 0.6 is 0 Å². The second-order valence-corrected chi connectivity index (χ2v) is 8.33. The zero-order chi connectivity index (χ0) is 23.0. The van der Waals surface area contributed by atoms with Gasteiger partial charge in [-0.15, -0.1) is 0 Å². The number of carbonyl (C=O) groups is 2. The topological polar surface area (TPSA) is 115 Å². The monoisotopic (exact) mass is 454 g/mol. The van der Waals surface area contributed by atoms with E-state index < -0.39 is 21.9 Å². The van der Waals surface area contributed by atoms with Crippen molar-refractivity contribution in [3.05, 3.63) is 89.9 Å². The average Bonchev–Trinajstić information content (AvgIpc) is 3.26. The molecule has 0 saturated carbocycles. The minimum Gasteiger partial charge on any atom is -0.462 e. The molecule has 0 radical (unpaired) electrons. The first-order chi connectivity index (χ1) is 15.4. The number of nitrogens with one attached hydrogen (secondary N) is 2. The van der Waals surface area contributed by atoms with Crippen molar-refractivity contribution < 1.29 is 27.2 Å². The van der Waals surface area contributed by atoms with Gasteiger partial charge in [0, 0.05) is 11.8 Å². The quantitative estimate of drug-likeness (QED) is 0.377. The zero-order valence-electron chi connectivity index (χ0n) is 17.3. The van der Waals surface area contributed by atoms with Crippen molar-refractivity contribution in [3.63, 3.8) is 0 Å². The molecule has 32 heavy (non-hydrogen) atoms. The Balaban J connectivity index is 1.53. The lowest BCUT2D eigenvalue weighted by Crippen LogP contribution is -2.22. The van der Waals surface area contributed by atoms with Crippen LogP contribution in [-0.4, -0.2) is 26.9 Å². The summed E-state index contributed by atoms with van der Waals surface area (Å²) in [7, 11) is -3.64. The third kappa shape index (κ3) is 6.40. The Morgan fingerprint density at radius 2 is 1.72 bits per heavy atom. The molecule has 1 heterocycles. The molecular weight excluding hydrogens is 432 g/mol. The Hall–Kier alpha value is -3.69. The number of hydrogen-bond acceptors (Lipinski definition) is 6. The number of carbonyl (C=O) groups excluding carboxylic acids is 2. The van der Waals surface area contributed by atoms with E-state index in [9.17, 15) is 18.0 Å². The summed E-state index contributed by atoms with van der Waals surface area (Å²) >= 11 is 0. The largest absolute Gasteiger partial charge is 0.462 e. The van der Waals surface area contributed by atoms with E-state index in [1.807, 2.05) is 0 Å². The van der Waals surface area contributed by atoms with Gasteiger partial charge in [0.05, 0.1) is 23.6 Å². The molecule has 8 nitrogen and oxygen atoms in total. The number of benzene rings is 2. The Kier molecular flexibility index (Phi) is 7.58. The van der Waals surface area contributed by atoms with Crippen LogP contribution in [0.15, 0.2) is 82.1 Å². The second-order valence-electron chi connectivity index (χ2n) is 6.56. The molecule has 1 amide bonds. The van der Waals surface area contributed by atoms with Crippen LogP contribution in [-0.2, 0) is 26.1 Å². The van der Waals surface area contributed by atoms with Crippen LogP contribution in [0.25, 0.3) is 6.08 Å². The summed E-state index contributed by atoms with van der Waals surface area (Å²) in [5.41, 5.74) is 0.912. The highest BCUT2D eigenvalue weighted by Crippen LogP contribution is 2.14. The fourth-order valence-electron chi connectivity index (χ4n) is 2.67. The molecule has 0 bridgehead atoms. The molecule has 0 aliphatic carbocycles. The van der Waals surface area contributed by atoms with Crippen molar-refractivity contribution in [3.8, 4) is 0 Å². The van der Waals surface area contributed by atoms with Crippen LogP contribution in [0.1, 0.15) is 28.8 Å². The van der Waals surface area contributed by atoms with Crippen LogP contribution < -0.4 is 10.0 Å². The first-order valence-corrected chi connectivity index (χ1v) is 11.3. The van der Waals surface area contributed by atoms with Gasteiger partial charge in [0.1, 0.15) is 11.5 Å². The van der Waals surface area contributed by atoms with E-state index in [1.54, 1.807) is 61.5 Å². The Morgan fingerprint density at radius 1 is 1.00 bits per heavy atom. The van der Waals surface area contributed by atoms with E-state index in [2.05, 4.69) is 10.0 Å². The molecule has 2 N–H and O–H groups in total.